The van der Waals surface area contributed by atoms with E-state index in [0.717, 1.165) is 16.9 Å². The van der Waals surface area contributed by atoms with Crippen molar-refractivity contribution in [1.82, 2.24) is 9.55 Å². The Kier molecular flexibility index (Phi) is 6.09. The molecule has 0 radical (unpaired) electrons. The minimum Gasteiger partial charge on any atom is -0.497 e. The zero-order valence-corrected chi connectivity index (χ0v) is 19.5. The normalized spacial score (nSPS) is 18.1. The first-order chi connectivity index (χ1) is 14.9. The monoisotopic (exact) mass is 460 g/mol. The largest absolute Gasteiger partial charge is 0.497 e. The number of methoxy groups -OCH3 is 2. The molecule has 0 spiro atoms. The Bertz CT molecular complexity index is 1190. The maximum Gasteiger partial charge on any atom is 0.316 e. The maximum absolute atomic E-state index is 13.8. The summed E-state index contributed by atoms with van der Waals surface area (Å²) >= 11 is 2.68. The Hall–Kier alpha value is -2.36. The van der Waals surface area contributed by atoms with Gasteiger partial charge in [0.25, 0.3) is 5.56 Å². The van der Waals surface area contributed by atoms with Crippen molar-refractivity contribution < 1.29 is 19.0 Å². The van der Waals surface area contributed by atoms with Crippen LogP contribution in [0.5, 0.6) is 5.75 Å². The van der Waals surface area contributed by atoms with Gasteiger partial charge in [0, 0.05) is 11.3 Å². The molecule has 1 aliphatic heterocycles. The molecule has 3 aromatic rings. The van der Waals surface area contributed by atoms with Crippen LogP contribution in [0.1, 0.15) is 30.7 Å². The number of esters is 1. The lowest BCUT2D eigenvalue weighted by Gasteiger charge is -2.32. The molecular weight excluding hydrogens is 436 g/mol. The Balaban J connectivity index is 1.91. The molecule has 1 aromatic carbocycles. The Morgan fingerprint density at radius 1 is 1.32 bits per heavy atom. The molecule has 7 nitrogen and oxygen atoms in total. The summed E-state index contributed by atoms with van der Waals surface area (Å²) in [7, 11) is 2.94. The van der Waals surface area contributed by atoms with Crippen LogP contribution < -0.4 is 10.3 Å². The number of rotatable bonds is 6. The summed E-state index contributed by atoms with van der Waals surface area (Å²) < 4.78 is 17.6. The van der Waals surface area contributed by atoms with Crippen molar-refractivity contribution in [2.75, 3.05) is 20.0 Å². The van der Waals surface area contributed by atoms with Crippen LogP contribution in [0.15, 0.2) is 34.2 Å². The SMILES string of the molecule is CC[C@]1(C)Cc2c(sc3nc(SCC(=O)OC)n(-c4ccc(OC)cc4)c(=O)c23)CO1. The molecule has 0 bridgehead atoms. The molecule has 31 heavy (non-hydrogen) atoms. The van der Waals surface area contributed by atoms with Gasteiger partial charge in [0.2, 0.25) is 0 Å². The average molecular weight is 461 g/mol. The van der Waals surface area contributed by atoms with Gasteiger partial charge in [-0.1, -0.05) is 18.7 Å². The van der Waals surface area contributed by atoms with Gasteiger partial charge in [-0.2, -0.15) is 0 Å². The summed E-state index contributed by atoms with van der Waals surface area (Å²) in [5.74, 6) is 0.378. The molecular formula is C22H24N2O5S2. The highest BCUT2D eigenvalue weighted by Crippen LogP contribution is 2.39. The number of thioether (sulfide) groups is 1. The number of hydrogen-bond acceptors (Lipinski definition) is 8. The van der Waals surface area contributed by atoms with E-state index in [4.69, 9.17) is 19.2 Å². The molecule has 9 heteroatoms. The second-order valence-electron chi connectivity index (χ2n) is 7.55. The van der Waals surface area contributed by atoms with E-state index in [2.05, 4.69) is 13.8 Å². The number of nitrogens with zero attached hydrogens (tertiary/aromatic N) is 2. The van der Waals surface area contributed by atoms with Crippen molar-refractivity contribution in [2.45, 2.75) is 44.1 Å². The van der Waals surface area contributed by atoms with E-state index >= 15 is 0 Å². The van der Waals surface area contributed by atoms with Crippen LogP contribution in [0.2, 0.25) is 0 Å². The van der Waals surface area contributed by atoms with E-state index in [9.17, 15) is 9.59 Å². The van der Waals surface area contributed by atoms with E-state index in [-0.39, 0.29) is 22.9 Å². The molecule has 0 saturated heterocycles. The number of ether oxygens (including phenoxy) is 3. The first kappa shape index (κ1) is 21.9. The summed E-state index contributed by atoms with van der Waals surface area (Å²) in [6.45, 7) is 4.65. The summed E-state index contributed by atoms with van der Waals surface area (Å²) in [5.41, 5.74) is 1.26. The molecule has 0 aliphatic carbocycles. The van der Waals surface area contributed by atoms with Gasteiger partial charge in [0.1, 0.15) is 10.6 Å². The summed E-state index contributed by atoms with van der Waals surface area (Å²) in [6, 6.07) is 7.22. The smallest absolute Gasteiger partial charge is 0.316 e. The molecule has 1 aliphatic rings. The summed E-state index contributed by atoms with van der Waals surface area (Å²) in [6.07, 6.45) is 1.53. The zero-order valence-electron chi connectivity index (χ0n) is 17.9. The van der Waals surface area contributed by atoms with Crippen molar-refractivity contribution in [3.63, 3.8) is 0 Å². The molecule has 0 unspecified atom stereocenters. The number of carbonyl (C=O) groups excluding carboxylic acids is 1. The number of aromatic nitrogens is 2. The lowest BCUT2D eigenvalue weighted by Crippen LogP contribution is -2.34. The van der Waals surface area contributed by atoms with Crippen molar-refractivity contribution in [3.8, 4) is 11.4 Å². The number of carbonyl (C=O) groups is 1. The Morgan fingerprint density at radius 3 is 2.71 bits per heavy atom. The fraction of sp³-hybridized carbons (Fsp3) is 0.409. The van der Waals surface area contributed by atoms with E-state index in [0.29, 0.717) is 39.8 Å². The van der Waals surface area contributed by atoms with E-state index in [1.165, 1.54) is 30.2 Å². The van der Waals surface area contributed by atoms with Gasteiger partial charge in [-0.3, -0.25) is 14.2 Å². The lowest BCUT2D eigenvalue weighted by molar-refractivity contribution is -0.137. The fourth-order valence-corrected chi connectivity index (χ4v) is 5.56. The van der Waals surface area contributed by atoms with Gasteiger partial charge >= 0.3 is 5.97 Å². The van der Waals surface area contributed by atoms with E-state index < -0.39 is 0 Å². The molecule has 164 valence electrons. The van der Waals surface area contributed by atoms with Crippen LogP contribution in [0.4, 0.5) is 0 Å². The fourth-order valence-electron chi connectivity index (χ4n) is 3.57. The second kappa shape index (κ2) is 8.64. The summed E-state index contributed by atoms with van der Waals surface area (Å²) in [4.78, 5) is 32.0. The van der Waals surface area contributed by atoms with Crippen LogP contribution in [-0.4, -0.2) is 41.1 Å². The van der Waals surface area contributed by atoms with Crippen molar-refractivity contribution in [2.24, 2.45) is 0 Å². The second-order valence-corrected chi connectivity index (χ2v) is 9.58. The number of benzene rings is 1. The van der Waals surface area contributed by atoms with Gasteiger partial charge in [-0.25, -0.2) is 4.98 Å². The predicted octanol–water partition coefficient (Wildman–Crippen LogP) is 3.96. The number of hydrogen-bond donors (Lipinski definition) is 0. The van der Waals surface area contributed by atoms with Crippen molar-refractivity contribution >= 4 is 39.3 Å². The van der Waals surface area contributed by atoms with Crippen molar-refractivity contribution in [1.29, 1.82) is 0 Å². The lowest BCUT2D eigenvalue weighted by atomic mass is 9.90. The van der Waals surface area contributed by atoms with Gasteiger partial charge in [-0.05, 0) is 43.2 Å². The quantitative estimate of drug-likeness (QED) is 0.313. The van der Waals surface area contributed by atoms with Crippen molar-refractivity contribution in [3.05, 3.63) is 45.1 Å². The highest BCUT2D eigenvalue weighted by Gasteiger charge is 2.33. The van der Waals surface area contributed by atoms with Gasteiger partial charge in [-0.15, -0.1) is 11.3 Å². The predicted molar refractivity (Wildman–Crippen MR) is 122 cm³/mol. The highest BCUT2D eigenvalue weighted by atomic mass is 32.2. The molecule has 4 rings (SSSR count). The summed E-state index contributed by atoms with van der Waals surface area (Å²) in [5, 5.41) is 1.09. The third kappa shape index (κ3) is 4.09. The third-order valence-electron chi connectivity index (χ3n) is 5.61. The molecule has 0 saturated carbocycles. The van der Waals surface area contributed by atoms with Crippen LogP contribution in [0.25, 0.3) is 15.9 Å². The first-order valence-electron chi connectivity index (χ1n) is 9.94. The molecule has 0 fully saturated rings. The standard InChI is InChI=1S/C22H24N2O5S2/c1-5-22(2)10-15-16(11-29-22)31-19-18(15)20(26)24(13-6-8-14(27-3)9-7-13)21(23-19)30-12-17(25)28-4/h6-9H,5,10-12H2,1-4H3/t22-/m1/s1. The van der Waals surface area contributed by atoms with E-state index in [1.54, 1.807) is 23.8 Å². The zero-order chi connectivity index (χ0) is 22.2. The minimum absolute atomic E-state index is 0.0622. The van der Waals surface area contributed by atoms with Crippen LogP contribution in [-0.2, 0) is 27.3 Å². The Labute approximate surface area is 188 Å². The highest BCUT2D eigenvalue weighted by molar-refractivity contribution is 7.99. The molecule has 1 atom stereocenters. The van der Waals surface area contributed by atoms with Crippen LogP contribution >= 0.6 is 23.1 Å². The maximum atomic E-state index is 13.8. The molecule has 0 N–H and O–H groups in total. The molecule has 0 amide bonds. The average Bonchev–Trinajstić information content (AvgIpc) is 3.15. The Morgan fingerprint density at radius 2 is 2.06 bits per heavy atom. The van der Waals surface area contributed by atoms with Crippen LogP contribution in [0, 0.1) is 0 Å². The van der Waals surface area contributed by atoms with Gasteiger partial charge in [0.05, 0.1) is 43.3 Å². The first-order valence-corrected chi connectivity index (χ1v) is 11.7. The molecule has 3 heterocycles. The van der Waals surface area contributed by atoms with Crippen LogP contribution in [0.3, 0.4) is 0 Å². The number of fused-ring (bicyclic) bond motifs is 3. The minimum atomic E-state index is -0.377. The number of thiophene rings is 1. The third-order valence-corrected chi connectivity index (χ3v) is 7.62. The molecule has 2 aromatic heterocycles. The topological polar surface area (TPSA) is 79.6 Å². The van der Waals surface area contributed by atoms with E-state index in [1.807, 2.05) is 12.1 Å². The van der Waals surface area contributed by atoms with Gasteiger partial charge in [0.15, 0.2) is 5.16 Å². The van der Waals surface area contributed by atoms with Gasteiger partial charge < -0.3 is 14.2 Å².